The van der Waals surface area contributed by atoms with Crippen LogP contribution in [0.25, 0.3) is 0 Å². The molecule has 0 bridgehead atoms. The minimum atomic E-state index is -0.425. The van der Waals surface area contributed by atoms with Gasteiger partial charge in [-0.3, -0.25) is 9.69 Å². The second-order valence-electron chi connectivity index (χ2n) is 7.37. The number of morpholine rings is 1. The molecule has 1 saturated heterocycles. The molecule has 0 saturated carbocycles. The van der Waals surface area contributed by atoms with Gasteiger partial charge in [-0.25, -0.2) is 4.39 Å². The van der Waals surface area contributed by atoms with Gasteiger partial charge in [-0.05, 0) is 31.2 Å². The van der Waals surface area contributed by atoms with E-state index in [1.165, 1.54) is 6.07 Å². The number of hydrogen-bond acceptors (Lipinski definition) is 5. The lowest BCUT2D eigenvalue weighted by Gasteiger charge is -2.38. The van der Waals surface area contributed by atoms with Crippen molar-refractivity contribution in [2.45, 2.75) is 19.1 Å². The van der Waals surface area contributed by atoms with Gasteiger partial charge in [0.1, 0.15) is 19.0 Å². The smallest absolute Gasteiger partial charge is 0.255 e. The van der Waals surface area contributed by atoms with E-state index >= 15 is 0 Å². The van der Waals surface area contributed by atoms with E-state index < -0.39 is 11.9 Å². The third-order valence-corrected chi connectivity index (χ3v) is 5.64. The Labute approximate surface area is 179 Å². The molecule has 6 nitrogen and oxygen atoms in total. The molecule has 1 amide bonds. The average Bonchev–Trinajstić information content (AvgIpc) is 2.75. The Morgan fingerprint density at radius 2 is 2.03 bits per heavy atom. The van der Waals surface area contributed by atoms with E-state index in [1.807, 2.05) is 6.92 Å². The zero-order valence-electron chi connectivity index (χ0n) is 16.7. The fourth-order valence-electron chi connectivity index (χ4n) is 3.91. The number of rotatable bonds is 5. The molecule has 1 fully saturated rings. The second-order valence-corrected chi connectivity index (χ2v) is 7.77. The number of nitrogens with zero attached hydrogens (tertiary/aromatic N) is 1. The van der Waals surface area contributed by atoms with Crippen LogP contribution in [-0.4, -0.2) is 56.4 Å². The first-order chi connectivity index (χ1) is 14.5. The highest BCUT2D eigenvalue weighted by Gasteiger charge is 2.30. The summed E-state index contributed by atoms with van der Waals surface area (Å²) in [6.07, 6.45) is 0.00851. The first kappa shape index (κ1) is 20.9. The molecule has 0 aliphatic carbocycles. The van der Waals surface area contributed by atoms with E-state index in [1.54, 1.807) is 30.3 Å². The van der Waals surface area contributed by atoms with Crippen molar-refractivity contribution >= 4 is 17.5 Å². The van der Waals surface area contributed by atoms with Gasteiger partial charge in [-0.1, -0.05) is 23.7 Å². The Bertz CT molecular complexity index is 906. The van der Waals surface area contributed by atoms with Gasteiger partial charge in [0.15, 0.2) is 11.5 Å². The topological polar surface area (TPSA) is 60.0 Å². The number of amides is 1. The Morgan fingerprint density at radius 1 is 1.23 bits per heavy atom. The van der Waals surface area contributed by atoms with Crippen LogP contribution in [0.4, 0.5) is 4.39 Å². The minimum Gasteiger partial charge on any atom is -0.486 e. The van der Waals surface area contributed by atoms with Crippen LogP contribution in [0.2, 0.25) is 5.02 Å². The molecule has 2 aromatic rings. The number of hydrogen-bond donors (Lipinski definition) is 1. The number of carbonyl (C=O) groups is 1. The van der Waals surface area contributed by atoms with E-state index in [0.29, 0.717) is 60.6 Å². The molecular formula is C22H24ClFN2O4. The van der Waals surface area contributed by atoms with Gasteiger partial charge in [0, 0.05) is 30.2 Å². The number of ether oxygens (including phenoxy) is 3. The third-order valence-electron chi connectivity index (χ3n) is 5.31. The van der Waals surface area contributed by atoms with Crippen LogP contribution in [0, 0.1) is 5.82 Å². The molecule has 2 atom stereocenters. The summed E-state index contributed by atoms with van der Waals surface area (Å²) in [5.74, 6) is 0.275. The standard InChI is InChI=1S/C22H24ClFN2O4/c1-14-13-26(8-9-28-14)18(20-16(23)5-3-6-17(20)24)12-25-22(27)15-4-2-7-19-21(15)30-11-10-29-19/h2-7,14,18H,8-13H2,1H3,(H,25,27). The molecule has 4 rings (SSSR count). The van der Waals surface area contributed by atoms with Gasteiger partial charge in [0.25, 0.3) is 5.91 Å². The normalized spacial score (nSPS) is 19.9. The summed E-state index contributed by atoms with van der Waals surface area (Å²) in [4.78, 5) is 15.0. The molecule has 8 heteroatoms. The fourth-order valence-corrected chi connectivity index (χ4v) is 4.20. The summed E-state index contributed by atoms with van der Waals surface area (Å²) >= 11 is 6.36. The summed E-state index contributed by atoms with van der Waals surface area (Å²) < 4.78 is 31.6. The van der Waals surface area contributed by atoms with Gasteiger partial charge < -0.3 is 19.5 Å². The van der Waals surface area contributed by atoms with Crippen LogP contribution < -0.4 is 14.8 Å². The number of nitrogens with one attached hydrogen (secondary N) is 1. The van der Waals surface area contributed by atoms with Gasteiger partial charge in [0.05, 0.1) is 24.3 Å². The molecule has 0 radical (unpaired) electrons. The van der Waals surface area contributed by atoms with Crippen molar-refractivity contribution in [3.05, 3.63) is 58.4 Å². The summed E-state index contributed by atoms with van der Waals surface area (Å²) in [6, 6.07) is 9.40. The Balaban J connectivity index is 1.57. The van der Waals surface area contributed by atoms with E-state index in [2.05, 4.69) is 10.2 Å². The highest BCUT2D eigenvalue weighted by Crippen LogP contribution is 2.34. The monoisotopic (exact) mass is 434 g/mol. The molecule has 1 N–H and O–H groups in total. The zero-order valence-corrected chi connectivity index (χ0v) is 17.5. The maximum Gasteiger partial charge on any atom is 0.255 e. The average molecular weight is 435 g/mol. The summed E-state index contributed by atoms with van der Waals surface area (Å²) in [5, 5.41) is 3.27. The molecular weight excluding hydrogens is 411 g/mol. The van der Waals surface area contributed by atoms with Gasteiger partial charge in [0.2, 0.25) is 0 Å². The van der Waals surface area contributed by atoms with Crippen LogP contribution >= 0.6 is 11.6 Å². The molecule has 160 valence electrons. The maximum atomic E-state index is 14.7. The van der Waals surface area contributed by atoms with Crippen LogP contribution in [-0.2, 0) is 4.74 Å². The van der Waals surface area contributed by atoms with Gasteiger partial charge in [-0.15, -0.1) is 0 Å². The van der Waals surface area contributed by atoms with E-state index in [4.69, 9.17) is 25.8 Å². The lowest BCUT2D eigenvalue weighted by Crippen LogP contribution is -2.47. The maximum absolute atomic E-state index is 14.7. The molecule has 0 spiro atoms. The number of fused-ring (bicyclic) bond motifs is 1. The number of carbonyl (C=O) groups excluding carboxylic acids is 1. The molecule has 30 heavy (non-hydrogen) atoms. The van der Waals surface area contributed by atoms with Crippen molar-refractivity contribution in [3.8, 4) is 11.5 Å². The van der Waals surface area contributed by atoms with Crippen molar-refractivity contribution < 1.29 is 23.4 Å². The fraction of sp³-hybridized carbons (Fsp3) is 0.409. The largest absolute Gasteiger partial charge is 0.486 e. The van der Waals surface area contributed by atoms with Gasteiger partial charge >= 0.3 is 0 Å². The molecule has 2 aliphatic rings. The number of benzene rings is 2. The summed E-state index contributed by atoms with van der Waals surface area (Å²) in [6.45, 7) is 4.76. The van der Waals surface area contributed by atoms with Crippen molar-refractivity contribution in [2.24, 2.45) is 0 Å². The highest BCUT2D eigenvalue weighted by atomic mass is 35.5. The van der Waals surface area contributed by atoms with Crippen LogP contribution in [0.15, 0.2) is 36.4 Å². The van der Waals surface area contributed by atoms with E-state index in [9.17, 15) is 9.18 Å². The Morgan fingerprint density at radius 3 is 2.83 bits per heavy atom. The SMILES string of the molecule is CC1CN(C(CNC(=O)c2cccc3c2OCCO3)c2c(F)cccc2Cl)CCO1. The lowest BCUT2D eigenvalue weighted by atomic mass is 10.0. The third kappa shape index (κ3) is 4.38. The minimum absolute atomic E-state index is 0.00851. The summed E-state index contributed by atoms with van der Waals surface area (Å²) in [7, 11) is 0. The van der Waals surface area contributed by atoms with Crippen molar-refractivity contribution in [3.63, 3.8) is 0 Å². The molecule has 0 aromatic heterocycles. The van der Waals surface area contributed by atoms with Crippen molar-refractivity contribution in [1.82, 2.24) is 10.2 Å². The highest BCUT2D eigenvalue weighted by molar-refractivity contribution is 6.31. The predicted molar refractivity (Wildman–Crippen MR) is 111 cm³/mol. The molecule has 2 aliphatic heterocycles. The number of para-hydroxylation sites is 1. The van der Waals surface area contributed by atoms with Crippen molar-refractivity contribution in [1.29, 1.82) is 0 Å². The Hall–Kier alpha value is -2.35. The van der Waals surface area contributed by atoms with Crippen LogP contribution in [0.3, 0.4) is 0 Å². The van der Waals surface area contributed by atoms with Crippen LogP contribution in [0.5, 0.6) is 11.5 Å². The van der Waals surface area contributed by atoms with Crippen LogP contribution in [0.1, 0.15) is 28.9 Å². The first-order valence-electron chi connectivity index (χ1n) is 10.0. The predicted octanol–water partition coefficient (Wildman–Crippen LogP) is 3.44. The van der Waals surface area contributed by atoms with E-state index in [0.717, 1.165) is 0 Å². The lowest BCUT2D eigenvalue weighted by molar-refractivity contribution is -0.0346. The Kier molecular flexibility index (Phi) is 6.41. The number of halogens is 2. The second kappa shape index (κ2) is 9.20. The zero-order chi connectivity index (χ0) is 21.1. The van der Waals surface area contributed by atoms with Crippen molar-refractivity contribution in [2.75, 3.05) is 39.5 Å². The van der Waals surface area contributed by atoms with E-state index in [-0.39, 0.29) is 18.6 Å². The molecule has 2 unspecified atom stereocenters. The first-order valence-corrected chi connectivity index (χ1v) is 10.4. The molecule has 2 aromatic carbocycles. The molecule has 2 heterocycles. The summed E-state index contributed by atoms with van der Waals surface area (Å²) in [5.41, 5.74) is 0.768. The van der Waals surface area contributed by atoms with Gasteiger partial charge in [-0.2, -0.15) is 0 Å². The quantitative estimate of drug-likeness (QED) is 0.781.